The van der Waals surface area contributed by atoms with Gasteiger partial charge in [-0.25, -0.2) is 8.42 Å². The Morgan fingerprint density at radius 3 is 2.40 bits per heavy atom. The molecule has 2 N–H and O–H groups in total. The fourth-order valence-electron chi connectivity index (χ4n) is 4.88. The average molecular weight is 643 g/mol. The Labute approximate surface area is 245 Å². The first kappa shape index (κ1) is 33.6. The van der Waals surface area contributed by atoms with Crippen LogP contribution in [-0.4, -0.2) is 55.1 Å². The molecule has 1 aliphatic rings. The number of rotatable bonds is 12. The summed E-state index contributed by atoms with van der Waals surface area (Å²) in [6.07, 6.45) is -3.32. The molecule has 16 heteroatoms. The SMILES string of the molecule is CCn1nc(C(=O)NCC2CCC(S(=O)(=O)NC=O)CC2)c(Cl)c1-c1ccc(CC(C)(C)C(F)(F)F)cc1OC(F)F. The van der Waals surface area contributed by atoms with Crippen molar-refractivity contribution in [2.75, 3.05) is 6.54 Å². The second-order valence-corrected chi connectivity index (χ2v) is 13.1. The van der Waals surface area contributed by atoms with Gasteiger partial charge in [-0.2, -0.15) is 27.1 Å². The molecule has 2 aromatic rings. The van der Waals surface area contributed by atoms with Crippen LogP contribution in [0.5, 0.6) is 5.75 Å². The summed E-state index contributed by atoms with van der Waals surface area (Å²) in [6, 6.07) is 3.76. The molecule has 0 aliphatic heterocycles. The Bertz CT molecular complexity index is 1390. The Morgan fingerprint density at radius 2 is 1.86 bits per heavy atom. The summed E-state index contributed by atoms with van der Waals surface area (Å²) in [5.74, 6) is -1.10. The highest BCUT2D eigenvalue weighted by Crippen LogP contribution is 2.43. The van der Waals surface area contributed by atoms with Crippen LogP contribution >= 0.6 is 11.6 Å². The molecule has 0 saturated heterocycles. The highest BCUT2D eigenvalue weighted by atomic mass is 35.5. The van der Waals surface area contributed by atoms with Gasteiger partial charge < -0.3 is 10.1 Å². The summed E-state index contributed by atoms with van der Waals surface area (Å²) in [6.45, 7) is 0.762. The van der Waals surface area contributed by atoms with Gasteiger partial charge in [0.05, 0.1) is 21.4 Å². The lowest BCUT2D eigenvalue weighted by atomic mass is 9.84. The average Bonchev–Trinajstić information content (AvgIpc) is 3.22. The van der Waals surface area contributed by atoms with E-state index in [1.807, 2.05) is 4.72 Å². The van der Waals surface area contributed by atoms with Crippen LogP contribution in [0.1, 0.15) is 62.5 Å². The Kier molecular flexibility index (Phi) is 10.5. The van der Waals surface area contributed by atoms with Crippen LogP contribution in [0.15, 0.2) is 18.2 Å². The van der Waals surface area contributed by atoms with Gasteiger partial charge in [0.2, 0.25) is 16.4 Å². The molecule has 0 atom stereocenters. The van der Waals surface area contributed by atoms with Crippen molar-refractivity contribution >= 4 is 33.9 Å². The zero-order chi connectivity index (χ0) is 31.5. The predicted molar refractivity (Wildman–Crippen MR) is 145 cm³/mol. The lowest BCUT2D eigenvalue weighted by Crippen LogP contribution is -2.38. The Balaban J connectivity index is 1.82. The molecule has 0 bridgehead atoms. The number of amides is 2. The topological polar surface area (TPSA) is 119 Å². The van der Waals surface area contributed by atoms with Crippen molar-refractivity contribution in [2.24, 2.45) is 11.3 Å². The molecule has 1 saturated carbocycles. The zero-order valence-corrected chi connectivity index (χ0v) is 24.7. The number of carbonyl (C=O) groups is 2. The molecule has 0 spiro atoms. The third-order valence-corrected chi connectivity index (χ3v) is 9.47. The van der Waals surface area contributed by atoms with Gasteiger partial charge in [0.25, 0.3) is 5.91 Å². The van der Waals surface area contributed by atoms with E-state index in [4.69, 9.17) is 11.6 Å². The van der Waals surface area contributed by atoms with E-state index in [0.29, 0.717) is 25.7 Å². The van der Waals surface area contributed by atoms with Crippen molar-refractivity contribution in [3.8, 4) is 17.0 Å². The van der Waals surface area contributed by atoms with Gasteiger partial charge in [-0.05, 0) is 62.6 Å². The van der Waals surface area contributed by atoms with Gasteiger partial charge in [0.1, 0.15) is 5.75 Å². The lowest BCUT2D eigenvalue weighted by molar-refractivity contribution is -0.211. The Hall–Kier alpha value is -2.94. The number of aryl methyl sites for hydroxylation is 1. The van der Waals surface area contributed by atoms with E-state index in [2.05, 4.69) is 15.2 Å². The van der Waals surface area contributed by atoms with Gasteiger partial charge in [0.15, 0.2) is 5.69 Å². The maximum atomic E-state index is 13.4. The number of halogens is 6. The van der Waals surface area contributed by atoms with Crippen LogP contribution < -0.4 is 14.8 Å². The van der Waals surface area contributed by atoms with Gasteiger partial charge in [0, 0.05) is 18.7 Å². The number of benzene rings is 1. The molecule has 0 unspecified atom stereocenters. The number of aromatic nitrogens is 2. The molecule has 1 aromatic carbocycles. The first-order valence-electron chi connectivity index (χ1n) is 13.1. The predicted octanol–water partition coefficient (Wildman–Crippen LogP) is 5.32. The highest BCUT2D eigenvalue weighted by Gasteiger charge is 2.47. The van der Waals surface area contributed by atoms with Crippen LogP contribution in [-0.2, 0) is 27.8 Å². The number of nitrogens with zero attached hydrogens (tertiary/aromatic N) is 2. The van der Waals surface area contributed by atoms with E-state index in [0.717, 1.165) is 19.9 Å². The van der Waals surface area contributed by atoms with Crippen LogP contribution in [0.4, 0.5) is 22.0 Å². The first-order valence-corrected chi connectivity index (χ1v) is 15.1. The zero-order valence-electron chi connectivity index (χ0n) is 23.1. The number of ether oxygens (including phenoxy) is 1. The van der Waals surface area contributed by atoms with Crippen LogP contribution in [0.3, 0.4) is 0 Å². The molecule has 9 nitrogen and oxygen atoms in total. The summed E-state index contributed by atoms with van der Waals surface area (Å²) in [4.78, 5) is 23.6. The molecule has 234 valence electrons. The minimum Gasteiger partial charge on any atom is -0.434 e. The summed E-state index contributed by atoms with van der Waals surface area (Å²) in [5, 5.41) is 6.08. The lowest BCUT2D eigenvalue weighted by Gasteiger charge is -2.28. The van der Waals surface area contributed by atoms with Crippen molar-refractivity contribution in [2.45, 2.75) is 77.5 Å². The van der Waals surface area contributed by atoms with Gasteiger partial charge in [-0.15, -0.1) is 0 Å². The number of sulfonamides is 1. The number of alkyl halides is 5. The minimum absolute atomic E-state index is 0.0192. The minimum atomic E-state index is -4.54. The maximum Gasteiger partial charge on any atom is 0.394 e. The Morgan fingerprint density at radius 1 is 1.21 bits per heavy atom. The molecule has 1 fully saturated rings. The van der Waals surface area contributed by atoms with Crippen molar-refractivity contribution in [1.29, 1.82) is 0 Å². The van der Waals surface area contributed by atoms with Gasteiger partial charge in [-0.1, -0.05) is 31.5 Å². The van der Waals surface area contributed by atoms with Crippen LogP contribution in [0.25, 0.3) is 11.3 Å². The number of hydrogen-bond donors (Lipinski definition) is 2. The van der Waals surface area contributed by atoms with Crippen LogP contribution in [0.2, 0.25) is 5.02 Å². The number of carbonyl (C=O) groups excluding carboxylic acids is 2. The van der Waals surface area contributed by atoms with Crippen molar-refractivity contribution in [3.05, 3.63) is 34.5 Å². The van der Waals surface area contributed by atoms with E-state index >= 15 is 0 Å². The number of hydrogen-bond acceptors (Lipinski definition) is 6. The van der Waals surface area contributed by atoms with E-state index in [1.165, 1.54) is 16.8 Å². The van der Waals surface area contributed by atoms with Crippen molar-refractivity contribution < 1.29 is 44.7 Å². The molecule has 3 rings (SSSR count). The molecule has 0 radical (unpaired) electrons. The first-order chi connectivity index (χ1) is 19.5. The molecule has 1 heterocycles. The standard InChI is InChI=1S/C26H32ClF5N4O5S/c1-4-36-22(18-10-7-16(11-19(18)41-24(28)29)12-25(2,3)26(30,31)32)20(27)21(35-36)23(38)33-13-15-5-8-17(9-6-15)42(39,40)34-14-37/h7,10-11,14-15,17,24H,4-6,8-9,12-13H2,1-3H3,(H,33,38)(H,34,37). The molecule has 42 heavy (non-hydrogen) atoms. The van der Waals surface area contributed by atoms with Crippen molar-refractivity contribution in [1.82, 2.24) is 19.8 Å². The highest BCUT2D eigenvalue weighted by molar-refractivity contribution is 7.90. The molecule has 2 amide bonds. The fraction of sp³-hybridized carbons (Fsp3) is 0.577. The molecule has 1 aromatic heterocycles. The molecular weight excluding hydrogens is 611 g/mol. The summed E-state index contributed by atoms with van der Waals surface area (Å²) in [7, 11) is -3.74. The quantitative estimate of drug-likeness (QED) is 0.239. The smallest absolute Gasteiger partial charge is 0.394 e. The van der Waals surface area contributed by atoms with Crippen LogP contribution in [0, 0.1) is 11.3 Å². The fourth-order valence-corrected chi connectivity index (χ4v) is 6.42. The second-order valence-electron chi connectivity index (χ2n) is 10.7. The molecular formula is C26H32ClF5N4O5S. The van der Waals surface area contributed by atoms with E-state index in [1.54, 1.807) is 6.92 Å². The monoisotopic (exact) mass is 642 g/mol. The molecule has 1 aliphatic carbocycles. The summed E-state index contributed by atoms with van der Waals surface area (Å²) < 4.78 is 98.8. The van der Waals surface area contributed by atoms with Gasteiger partial charge >= 0.3 is 12.8 Å². The number of nitrogens with one attached hydrogen (secondary N) is 2. The van der Waals surface area contributed by atoms with Gasteiger partial charge in [-0.3, -0.25) is 19.0 Å². The third-order valence-electron chi connectivity index (χ3n) is 7.34. The summed E-state index contributed by atoms with van der Waals surface area (Å²) >= 11 is 6.53. The van der Waals surface area contributed by atoms with Crippen molar-refractivity contribution in [3.63, 3.8) is 0 Å². The third kappa shape index (κ3) is 7.71. The largest absolute Gasteiger partial charge is 0.434 e. The summed E-state index contributed by atoms with van der Waals surface area (Å²) in [5.41, 5.74) is -2.12. The van der Waals surface area contributed by atoms with E-state index < -0.39 is 51.6 Å². The maximum absolute atomic E-state index is 13.4. The normalized spacial score (nSPS) is 18.1. The van der Waals surface area contributed by atoms with E-state index in [-0.39, 0.29) is 53.0 Å². The van der Waals surface area contributed by atoms with E-state index in [9.17, 15) is 40.0 Å². The second kappa shape index (κ2) is 13.1.